The number of amides is 1. The Morgan fingerprint density at radius 1 is 0.968 bits per heavy atom. The molecule has 2 unspecified atom stereocenters. The number of piperidine rings is 1. The number of ketones is 1. The first-order chi connectivity index (χ1) is 15.2. The molecule has 0 saturated carbocycles. The van der Waals surface area contributed by atoms with Gasteiger partial charge in [0.2, 0.25) is 0 Å². The molecule has 8 nitrogen and oxygen atoms in total. The van der Waals surface area contributed by atoms with Gasteiger partial charge < -0.3 is 23.7 Å². The molecule has 3 rings (SSSR count). The van der Waals surface area contributed by atoms with Crippen molar-refractivity contribution in [3.05, 3.63) is 35.9 Å². The lowest BCUT2D eigenvalue weighted by Crippen LogP contribution is -2.60. The van der Waals surface area contributed by atoms with Crippen LogP contribution in [0.1, 0.15) is 24.8 Å². The van der Waals surface area contributed by atoms with E-state index in [-0.39, 0.29) is 36.5 Å². The van der Waals surface area contributed by atoms with Gasteiger partial charge >= 0.3 is 6.09 Å². The monoisotopic (exact) mass is 435 g/mol. The van der Waals surface area contributed by atoms with Crippen LogP contribution >= 0.6 is 0 Å². The van der Waals surface area contributed by atoms with Gasteiger partial charge in [0.25, 0.3) is 0 Å². The van der Waals surface area contributed by atoms with E-state index in [1.807, 2.05) is 30.3 Å². The van der Waals surface area contributed by atoms with Crippen LogP contribution in [-0.2, 0) is 35.1 Å². The molecule has 2 saturated heterocycles. The number of rotatable bonds is 12. The van der Waals surface area contributed by atoms with E-state index in [1.165, 1.54) is 0 Å². The third-order valence-corrected chi connectivity index (χ3v) is 5.69. The number of carbonyl (C=O) groups excluding carboxylic acids is 2. The molecule has 0 aromatic heterocycles. The van der Waals surface area contributed by atoms with Crippen LogP contribution in [0.3, 0.4) is 0 Å². The van der Waals surface area contributed by atoms with Crippen molar-refractivity contribution in [3.63, 3.8) is 0 Å². The normalized spacial score (nSPS) is 22.9. The van der Waals surface area contributed by atoms with Gasteiger partial charge in [-0.1, -0.05) is 30.3 Å². The molecule has 8 heteroatoms. The van der Waals surface area contributed by atoms with Gasteiger partial charge in [-0.25, -0.2) is 4.79 Å². The largest absolute Gasteiger partial charge is 0.445 e. The summed E-state index contributed by atoms with van der Waals surface area (Å²) < 4.78 is 26.9. The molecule has 2 aliphatic heterocycles. The van der Waals surface area contributed by atoms with E-state index in [0.717, 1.165) is 5.56 Å². The molecule has 2 heterocycles. The van der Waals surface area contributed by atoms with E-state index in [4.69, 9.17) is 23.7 Å². The van der Waals surface area contributed by atoms with E-state index in [1.54, 1.807) is 12.0 Å². The topological polar surface area (TPSA) is 83.5 Å². The van der Waals surface area contributed by atoms with Crippen molar-refractivity contribution < 1.29 is 33.3 Å². The van der Waals surface area contributed by atoms with Crippen molar-refractivity contribution in [3.8, 4) is 0 Å². The van der Waals surface area contributed by atoms with Crippen LogP contribution in [0.15, 0.2) is 30.3 Å². The van der Waals surface area contributed by atoms with Crippen LogP contribution in [0.2, 0.25) is 0 Å². The molecular formula is C23H33NO7. The number of nitrogens with zero attached hydrogens (tertiary/aromatic N) is 1. The summed E-state index contributed by atoms with van der Waals surface area (Å²) in [4.78, 5) is 27.2. The predicted molar refractivity (Wildman–Crippen MR) is 113 cm³/mol. The van der Waals surface area contributed by atoms with Crippen LogP contribution < -0.4 is 0 Å². The lowest BCUT2D eigenvalue weighted by Gasteiger charge is -2.47. The standard InChI is InChI=1S/C23H33NO7/c1-27-9-10-29-12-11-28-8-7-22(25)19-13-20-16-30-17-21(14-19)24(20)23(26)31-15-18-5-3-2-4-6-18/h2-6,19-21H,7-17H2,1H3. The Morgan fingerprint density at radius 3 is 2.29 bits per heavy atom. The highest BCUT2D eigenvalue weighted by molar-refractivity contribution is 5.81. The second kappa shape index (κ2) is 12.8. The second-order valence-corrected chi connectivity index (χ2v) is 7.89. The molecule has 172 valence electrons. The third kappa shape index (κ3) is 7.28. The number of hydrogen-bond donors (Lipinski definition) is 0. The van der Waals surface area contributed by atoms with Gasteiger partial charge in [-0.2, -0.15) is 0 Å². The summed E-state index contributed by atoms with van der Waals surface area (Å²) in [6.07, 6.45) is 1.26. The van der Waals surface area contributed by atoms with Gasteiger partial charge in [-0.3, -0.25) is 9.69 Å². The fourth-order valence-electron chi connectivity index (χ4n) is 4.11. The first-order valence-electron chi connectivity index (χ1n) is 10.9. The molecule has 2 atom stereocenters. The molecule has 0 spiro atoms. The van der Waals surface area contributed by atoms with Crippen LogP contribution in [0, 0.1) is 5.92 Å². The van der Waals surface area contributed by atoms with Crippen LogP contribution in [0.4, 0.5) is 4.79 Å². The molecule has 2 bridgehead atoms. The maximum absolute atomic E-state index is 12.7. The average Bonchev–Trinajstić information content (AvgIpc) is 2.79. The number of benzene rings is 1. The molecule has 0 aliphatic carbocycles. The van der Waals surface area contributed by atoms with Gasteiger partial charge in [0.15, 0.2) is 0 Å². The van der Waals surface area contributed by atoms with Gasteiger partial charge in [0.05, 0.1) is 58.3 Å². The summed E-state index contributed by atoms with van der Waals surface area (Å²) >= 11 is 0. The zero-order chi connectivity index (χ0) is 21.9. The number of ether oxygens (including phenoxy) is 5. The molecule has 2 aliphatic rings. The number of hydrogen-bond acceptors (Lipinski definition) is 7. The van der Waals surface area contributed by atoms with Crippen molar-refractivity contribution in [2.24, 2.45) is 5.92 Å². The van der Waals surface area contributed by atoms with Gasteiger partial charge in [0.1, 0.15) is 12.4 Å². The Bertz CT molecular complexity index is 670. The molecule has 1 amide bonds. The molecule has 31 heavy (non-hydrogen) atoms. The quantitative estimate of drug-likeness (QED) is 0.466. The van der Waals surface area contributed by atoms with Gasteiger partial charge in [-0.15, -0.1) is 0 Å². The van der Waals surface area contributed by atoms with Gasteiger partial charge in [-0.05, 0) is 18.4 Å². The van der Waals surface area contributed by atoms with Crippen molar-refractivity contribution >= 4 is 11.9 Å². The number of methoxy groups -OCH3 is 1. The minimum atomic E-state index is -0.329. The number of Topliss-reactive ketones (excluding diaryl/α,β-unsaturated/α-hetero) is 1. The predicted octanol–water partition coefficient (Wildman–Crippen LogP) is 2.44. The first-order valence-corrected chi connectivity index (χ1v) is 10.9. The molecular weight excluding hydrogens is 402 g/mol. The Labute approximate surface area is 183 Å². The molecule has 0 radical (unpaired) electrons. The SMILES string of the molecule is COCCOCCOCCC(=O)C1CC2COCC(C1)N2C(=O)OCc1ccccc1. The van der Waals surface area contributed by atoms with E-state index in [0.29, 0.717) is 65.5 Å². The lowest BCUT2D eigenvalue weighted by atomic mass is 9.82. The molecule has 1 aromatic carbocycles. The van der Waals surface area contributed by atoms with Crippen molar-refractivity contribution in [2.45, 2.75) is 38.0 Å². The highest BCUT2D eigenvalue weighted by Crippen LogP contribution is 2.33. The van der Waals surface area contributed by atoms with E-state index >= 15 is 0 Å². The summed E-state index contributed by atoms with van der Waals surface area (Å²) in [6.45, 7) is 3.55. The Hall–Kier alpha value is -2.00. The third-order valence-electron chi connectivity index (χ3n) is 5.69. The smallest absolute Gasteiger partial charge is 0.410 e. The summed E-state index contributed by atoms with van der Waals surface area (Å²) in [5, 5.41) is 0. The van der Waals surface area contributed by atoms with Crippen molar-refractivity contribution in [2.75, 3.05) is 53.4 Å². The van der Waals surface area contributed by atoms with Crippen molar-refractivity contribution in [1.29, 1.82) is 0 Å². The molecule has 1 aromatic rings. The zero-order valence-electron chi connectivity index (χ0n) is 18.2. The maximum Gasteiger partial charge on any atom is 0.410 e. The average molecular weight is 436 g/mol. The van der Waals surface area contributed by atoms with Crippen LogP contribution in [-0.4, -0.2) is 82.2 Å². The fourth-order valence-corrected chi connectivity index (χ4v) is 4.11. The van der Waals surface area contributed by atoms with E-state index < -0.39 is 0 Å². The number of morpholine rings is 1. The number of fused-ring (bicyclic) bond motifs is 2. The minimum Gasteiger partial charge on any atom is -0.445 e. The Balaban J connectivity index is 1.40. The van der Waals surface area contributed by atoms with Crippen LogP contribution in [0.25, 0.3) is 0 Å². The summed E-state index contributed by atoms with van der Waals surface area (Å²) in [5.41, 5.74) is 0.950. The Morgan fingerprint density at radius 2 is 1.61 bits per heavy atom. The summed E-state index contributed by atoms with van der Waals surface area (Å²) in [6, 6.07) is 9.37. The molecule has 0 N–H and O–H groups in total. The van der Waals surface area contributed by atoms with E-state index in [2.05, 4.69) is 0 Å². The fraction of sp³-hybridized carbons (Fsp3) is 0.652. The highest BCUT2D eigenvalue weighted by Gasteiger charge is 2.44. The summed E-state index contributed by atoms with van der Waals surface area (Å²) in [5.74, 6) is 0.119. The second-order valence-electron chi connectivity index (χ2n) is 7.89. The lowest BCUT2D eigenvalue weighted by molar-refractivity contribution is -0.132. The molecule has 2 fully saturated rings. The summed E-state index contributed by atoms with van der Waals surface area (Å²) in [7, 11) is 1.63. The minimum absolute atomic E-state index is 0.0707. The first kappa shape index (κ1) is 23.7. The number of carbonyl (C=O) groups is 2. The van der Waals surface area contributed by atoms with Gasteiger partial charge in [0, 0.05) is 19.4 Å². The van der Waals surface area contributed by atoms with E-state index in [9.17, 15) is 9.59 Å². The highest BCUT2D eigenvalue weighted by atomic mass is 16.6. The maximum atomic E-state index is 12.7. The zero-order valence-corrected chi connectivity index (χ0v) is 18.2. The van der Waals surface area contributed by atoms with Crippen molar-refractivity contribution in [1.82, 2.24) is 4.90 Å². The Kier molecular flexibility index (Phi) is 9.74. The van der Waals surface area contributed by atoms with Crippen LogP contribution in [0.5, 0.6) is 0 Å².